The summed E-state index contributed by atoms with van der Waals surface area (Å²) in [5.41, 5.74) is 2.05. The van der Waals surface area contributed by atoms with Crippen molar-refractivity contribution < 1.29 is 14.3 Å². The van der Waals surface area contributed by atoms with Crippen molar-refractivity contribution >= 4 is 23.7 Å². The minimum Gasteiger partial charge on any atom is -0.494 e. The number of hydrogen-bond acceptors (Lipinski definition) is 7. The highest BCUT2D eigenvalue weighted by Gasteiger charge is 2.36. The fourth-order valence-corrected chi connectivity index (χ4v) is 4.07. The molecule has 0 radical (unpaired) electrons. The fraction of sp³-hybridized carbons (Fsp3) is 0.450. The Morgan fingerprint density at radius 1 is 1.32 bits per heavy atom. The second kappa shape index (κ2) is 9.14. The molecule has 0 fully saturated rings. The molecule has 2 heterocycles. The summed E-state index contributed by atoms with van der Waals surface area (Å²) in [6.07, 6.45) is 2.22. The van der Waals surface area contributed by atoms with Gasteiger partial charge in [-0.05, 0) is 26.3 Å². The largest absolute Gasteiger partial charge is 0.494 e. The maximum Gasteiger partial charge on any atom is 0.338 e. The van der Waals surface area contributed by atoms with E-state index in [1.165, 1.54) is 7.11 Å². The number of unbranched alkanes of at least 4 members (excludes halogenated alkanes) is 1. The number of fused-ring (bicyclic) bond motifs is 1. The van der Waals surface area contributed by atoms with E-state index < -0.39 is 12.0 Å². The summed E-state index contributed by atoms with van der Waals surface area (Å²) >= 11 is 1.62. The average Bonchev–Trinajstić information content (AvgIpc) is 3.09. The molecule has 1 aromatic heterocycles. The monoisotopic (exact) mass is 402 g/mol. The van der Waals surface area contributed by atoms with Crippen molar-refractivity contribution in [1.82, 2.24) is 14.8 Å². The van der Waals surface area contributed by atoms with E-state index in [9.17, 15) is 4.79 Å². The smallest absolute Gasteiger partial charge is 0.338 e. The molecule has 1 N–H and O–H groups in total. The van der Waals surface area contributed by atoms with Crippen LogP contribution < -0.4 is 10.1 Å². The standard InChI is InChI=1S/C20H26N4O3S/c1-5-7-12-28-20-22-19-21-13(3)16(18(25)26-4)17(24(19)23-20)14-10-8-9-11-15(14)27-6-2/h8-11,17H,5-7,12H2,1-4H3,(H,21,22,23). The van der Waals surface area contributed by atoms with Crippen molar-refractivity contribution in [1.29, 1.82) is 0 Å². The minimum atomic E-state index is -0.473. The maximum absolute atomic E-state index is 12.6. The van der Waals surface area contributed by atoms with Gasteiger partial charge in [0.15, 0.2) is 0 Å². The molecule has 8 heteroatoms. The molecule has 0 saturated heterocycles. The number of nitrogens with one attached hydrogen (secondary N) is 1. The van der Waals surface area contributed by atoms with Crippen molar-refractivity contribution in [2.24, 2.45) is 0 Å². The lowest BCUT2D eigenvalue weighted by Gasteiger charge is -2.28. The van der Waals surface area contributed by atoms with Crippen LogP contribution in [0.5, 0.6) is 5.75 Å². The van der Waals surface area contributed by atoms with E-state index in [1.807, 2.05) is 38.1 Å². The summed E-state index contributed by atoms with van der Waals surface area (Å²) in [6.45, 7) is 6.47. The molecular formula is C20H26N4O3S. The number of benzene rings is 1. The Morgan fingerprint density at radius 2 is 2.11 bits per heavy atom. The Kier molecular flexibility index (Phi) is 6.61. The van der Waals surface area contributed by atoms with Crippen LogP contribution in [0.3, 0.4) is 0 Å². The number of ether oxygens (including phenoxy) is 2. The van der Waals surface area contributed by atoms with Crippen molar-refractivity contribution in [3.05, 3.63) is 41.1 Å². The fourth-order valence-electron chi connectivity index (χ4n) is 3.16. The first-order chi connectivity index (χ1) is 13.6. The molecule has 1 atom stereocenters. The van der Waals surface area contributed by atoms with Crippen molar-refractivity contribution in [3.8, 4) is 5.75 Å². The Hall–Kier alpha value is -2.48. The van der Waals surface area contributed by atoms with Crippen LogP contribution in [0.2, 0.25) is 0 Å². The van der Waals surface area contributed by atoms with Crippen molar-refractivity contribution in [2.75, 3.05) is 24.8 Å². The SMILES string of the molecule is CCCCSc1nc2n(n1)C(c1ccccc1OCC)C(C(=O)OC)=C(C)N2. The first-order valence-corrected chi connectivity index (χ1v) is 10.5. The Balaban J connectivity index is 2.09. The van der Waals surface area contributed by atoms with Crippen LogP contribution in [0.25, 0.3) is 0 Å². The van der Waals surface area contributed by atoms with E-state index in [4.69, 9.17) is 14.6 Å². The van der Waals surface area contributed by atoms with Crippen LogP contribution in [0.1, 0.15) is 45.2 Å². The van der Waals surface area contributed by atoms with Crippen LogP contribution in [0, 0.1) is 0 Å². The zero-order valence-electron chi connectivity index (χ0n) is 16.7. The van der Waals surface area contributed by atoms with Crippen molar-refractivity contribution in [2.45, 2.75) is 44.8 Å². The molecular weight excluding hydrogens is 376 g/mol. The van der Waals surface area contributed by atoms with Crippen LogP contribution in [-0.4, -0.2) is 40.2 Å². The lowest BCUT2D eigenvalue weighted by molar-refractivity contribution is -0.136. The Labute approximate surface area is 169 Å². The predicted molar refractivity (Wildman–Crippen MR) is 110 cm³/mol. The number of aromatic nitrogens is 3. The molecule has 0 spiro atoms. The zero-order valence-corrected chi connectivity index (χ0v) is 17.5. The summed E-state index contributed by atoms with van der Waals surface area (Å²) in [5.74, 6) is 1.88. The number of carbonyl (C=O) groups excluding carboxylic acids is 1. The molecule has 0 amide bonds. The van der Waals surface area contributed by atoms with Gasteiger partial charge in [-0.2, -0.15) is 4.98 Å². The van der Waals surface area contributed by atoms with Crippen LogP contribution in [0.15, 0.2) is 40.7 Å². The summed E-state index contributed by atoms with van der Waals surface area (Å²) < 4.78 is 12.7. The van der Waals surface area contributed by atoms with Gasteiger partial charge in [-0.25, -0.2) is 9.48 Å². The number of esters is 1. The number of allylic oxidation sites excluding steroid dienone is 1. The number of hydrogen-bond donors (Lipinski definition) is 1. The Bertz CT molecular complexity index is 878. The topological polar surface area (TPSA) is 78.3 Å². The highest BCUT2D eigenvalue weighted by Crippen LogP contribution is 2.40. The molecule has 0 aliphatic carbocycles. The molecule has 150 valence electrons. The minimum absolute atomic E-state index is 0.400. The highest BCUT2D eigenvalue weighted by molar-refractivity contribution is 7.99. The molecule has 1 aliphatic heterocycles. The second-order valence-corrected chi connectivity index (χ2v) is 7.46. The van der Waals surface area contributed by atoms with Crippen LogP contribution >= 0.6 is 11.8 Å². The molecule has 1 aromatic carbocycles. The van der Waals surface area contributed by atoms with Gasteiger partial charge in [-0.3, -0.25) is 0 Å². The van der Waals surface area contributed by atoms with E-state index in [0.717, 1.165) is 24.2 Å². The number of thioether (sulfide) groups is 1. The third kappa shape index (κ3) is 4.01. The van der Waals surface area contributed by atoms with E-state index in [2.05, 4.69) is 17.2 Å². The lowest BCUT2D eigenvalue weighted by Crippen LogP contribution is -2.29. The number of para-hydroxylation sites is 1. The normalized spacial score (nSPS) is 15.8. The molecule has 2 aromatic rings. The van der Waals surface area contributed by atoms with E-state index in [1.54, 1.807) is 16.4 Å². The van der Waals surface area contributed by atoms with E-state index in [-0.39, 0.29) is 0 Å². The van der Waals surface area contributed by atoms with Gasteiger partial charge in [0.2, 0.25) is 11.1 Å². The first kappa shape index (κ1) is 20.3. The molecule has 1 aliphatic rings. The number of methoxy groups -OCH3 is 1. The number of nitrogens with zero attached hydrogens (tertiary/aromatic N) is 3. The number of anilines is 1. The third-order valence-electron chi connectivity index (χ3n) is 4.48. The quantitative estimate of drug-likeness (QED) is 0.406. The number of carbonyl (C=O) groups is 1. The summed E-state index contributed by atoms with van der Waals surface area (Å²) in [7, 11) is 1.39. The van der Waals surface area contributed by atoms with Crippen LogP contribution in [-0.2, 0) is 9.53 Å². The van der Waals surface area contributed by atoms with Gasteiger partial charge in [0.25, 0.3) is 0 Å². The van der Waals surface area contributed by atoms with E-state index >= 15 is 0 Å². The van der Waals surface area contributed by atoms with Crippen LogP contribution in [0.4, 0.5) is 5.95 Å². The average molecular weight is 403 g/mol. The molecule has 28 heavy (non-hydrogen) atoms. The van der Waals surface area contributed by atoms with Gasteiger partial charge < -0.3 is 14.8 Å². The van der Waals surface area contributed by atoms with Gasteiger partial charge >= 0.3 is 5.97 Å². The highest BCUT2D eigenvalue weighted by atomic mass is 32.2. The second-order valence-electron chi connectivity index (χ2n) is 6.39. The molecule has 3 rings (SSSR count). The molecule has 1 unspecified atom stereocenters. The van der Waals surface area contributed by atoms with Gasteiger partial charge in [0, 0.05) is 17.0 Å². The van der Waals surface area contributed by atoms with Crippen molar-refractivity contribution in [3.63, 3.8) is 0 Å². The summed E-state index contributed by atoms with van der Waals surface area (Å²) in [6, 6.07) is 7.22. The molecule has 7 nitrogen and oxygen atoms in total. The number of rotatable bonds is 8. The van der Waals surface area contributed by atoms with Gasteiger partial charge in [-0.15, -0.1) is 5.10 Å². The predicted octanol–water partition coefficient (Wildman–Crippen LogP) is 4.03. The van der Waals surface area contributed by atoms with Gasteiger partial charge in [0.05, 0.1) is 19.3 Å². The summed E-state index contributed by atoms with van der Waals surface area (Å²) in [5, 5.41) is 8.58. The maximum atomic E-state index is 12.6. The Morgan fingerprint density at radius 3 is 2.82 bits per heavy atom. The first-order valence-electron chi connectivity index (χ1n) is 9.47. The third-order valence-corrected chi connectivity index (χ3v) is 5.40. The van der Waals surface area contributed by atoms with E-state index in [0.29, 0.717) is 34.7 Å². The summed E-state index contributed by atoms with van der Waals surface area (Å²) in [4.78, 5) is 17.3. The zero-order chi connectivity index (χ0) is 20.1. The van der Waals surface area contributed by atoms with Gasteiger partial charge in [0.1, 0.15) is 11.8 Å². The van der Waals surface area contributed by atoms with Gasteiger partial charge in [-0.1, -0.05) is 43.3 Å². The molecule has 0 saturated carbocycles. The molecule has 0 bridgehead atoms. The lowest BCUT2D eigenvalue weighted by atomic mass is 9.95.